The number of rotatable bonds is 7. The van der Waals surface area contributed by atoms with Crippen molar-refractivity contribution in [3.8, 4) is 0 Å². The Morgan fingerprint density at radius 1 is 1.38 bits per heavy atom. The summed E-state index contributed by atoms with van der Waals surface area (Å²) in [6.45, 7) is 3.57. The van der Waals surface area contributed by atoms with E-state index >= 15 is 0 Å². The minimum atomic E-state index is -0.759. The van der Waals surface area contributed by atoms with Gasteiger partial charge < -0.3 is 26.6 Å². The molecule has 3 aliphatic rings. The van der Waals surface area contributed by atoms with Crippen molar-refractivity contribution in [1.82, 2.24) is 25.0 Å². The Kier molecular flexibility index (Phi) is 5.60. The number of likely N-dealkylation sites (tertiary alicyclic amines) is 1. The lowest BCUT2D eigenvalue weighted by Crippen LogP contribution is -2.49. The zero-order valence-corrected chi connectivity index (χ0v) is 19.3. The van der Waals surface area contributed by atoms with Gasteiger partial charge in [0.2, 0.25) is 5.91 Å². The van der Waals surface area contributed by atoms with E-state index in [4.69, 9.17) is 11.5 Å². The zero-order valence-electron chi connectivity index (χ0n) is 19.3. The lowest BCUT2D eigenvalue weighted by Gasteiger charge is -2.24. The van der Waals surface area contributed by atoms with E-state index in [0.29, 0.717) is 43.4 Å². The van der Waals surface area contributed by atoms with Crippen molar-refractivity contribution in [2.24, 2.45) is 17.4 Å². The molecule has 178 valence electrons. The molecule has 4 heterocycles. The first-order valence-electron chi connectivity index (χ1n) is 11.7. The average molecular weight is 463 g/mol. The number of carbonyl (C=O) groups excluding carboxylic acids is 2. The summed E-state index contributed by atoms with van der Waals surface area (Å²) in [6, 6.07) is 5.48. The maximum absolute atomic E-state index is 13.1. The molecule has 34 heavy (non-hydrogen) atoms. The largest absolute Gasteiger partial charge is 0.385 e. The summed E-state index contributed by atoms with van der Waals surface area (Å²) in [7, 11) is 0. The topological polar surface area (TPSA) is 146 Å². The smallest absolute Gasteiger partial charge is 0.272 e. The van der Waals surface area contributed by atoms with Crippen LogP contribution in [0, 0.1) is 5.92 Å². The van der Waals surface area contributed by atoms with Gasteiger partial charge in [0, 0.05) is 37.1 Å². The van der Waals surface area contributed by atoms with Gasteiger partial charge in [-0.2, -0.15) is 5.10 Å². The molecule has 6 N–H and O–H groups in total. The van der Waals surface area contributed by atoms with Gasteiger partial charge in [-0.15, -0.1) is 0 Å². The van der Waals surface area contributed by atoms with Crippen molar-refractivity contribution in [2.75, 3.05) is 11.9 Å². The molecule has 0 spiro atoms. The van der Waals surface area contributed by atoms with Gasteiger partial charge in [0.25, 0.3) is 5.91 Å². The second-order valence-corrected chi connectivity index (χ2v) is 9.22. The lowest BCUT2D eigenvalue weighted by molar-refractivity contribution is -0.131. The molecule has 2 aromatic heterocycles. The van der Waals surface area contributed by atoms with Crippen LogP contribution in [0.5, 0.6) is 0 Å². The second kappa shape index (κ2) is 8.60. The number of fused-ring (bicyclic) bond motifs is 1. The van der Waals surface area contributed by atoms with E-state index in [1.54, 1.807) is 28.1 Å². The van der Waals surface area contributed by atoms with Crippen molar-refractivity contribution in [2.45, 2.75) is 51.2 Å². The zero-order chi connectivity index (χ0) is 23.9. The molecule has 10 heteroatoms. The molecule has 2 fully saturated rings. The number of H-pyrrole nitrogens is 1. The van der Waals surface area contributed by atoms with Crippen LogP contribution in [0.1, 0.15) is 54.4 Å². The van der Waals surface area contributed by atoms with Gasteiger partial charge >= 0.3 is 0 Å². The predicted molar refractivity (Wildman–Crippen MR) is 127 cm³/mol. The van der Waals surface area contributed by atoms with Gasteiger partial charge in [-0.25, -0.2) is 0 Å². The highest BCUT2D eigenvalue weighted by Gasteiger charge is 2.53. The number of allylic oxidation sites excluding steroid dienone is 2. The summed E-state index contributed by atoms with van der Waals surface area (Å²) >= 11 is 0. The first kappa shape index (κ1) is 22.1. The van der Waals surface area contributed by atoms with Gasteiger partial charge in [0.05, 0.1) is 12.2 Å². The van der Waals surface area contributed by atoms with E-state index in [9.17, 15) is 9.59 Å². The molecule has 1 atom stereocenters. The molecule has 1 saturated carbocycles. The molecule has 2 aromatic rings. The Morgan fingerprint density at radius 3 is 2.94 bits per heavy atom. The van der Waals surface area contributed by atoms with E-state index in [1.165, 1.54) is 0 Å². The number of aromatic amines is 1. The molecule has 10 nitrogen and oxygen atoms in total. The number of hydrogen-bond donors (Lipinski definition) is 4. The predicted octanol–water partition coefficient (Wildman–Crippen LogP) is 1.81. The van der Waals surface area contributed by atoms with E-state index in [0.717, 1.165) is 36.2 Å². The molecule has 1 aliphatic carbocycles. The van der Waals surface area contributed by atoms with Crippen LogP contribution in [0.2, 0.25) is 0 Å². The normalized spacial score (nSPS) is 22.9. The fourth-order valence-corrected chi connectivity index (χ4v) is 4.79. The van der Waals surface area contributed by atoms with E-state index in [-0.39, 0.29) is 17.7 Å². The molecule has 0 radical (unpaired) electrons. The van der Waals surface area contributed by atoms with Gasteiger partial charge in [0.1, 0.15) is 17.1 Å². The van der Waals surface area contributed by atoms with E-state index in [1.807, 2.05) is 25.1 Å². The third kappa shape index (κ3) is 4.05. The Hall–Kier alpha value is -3.66. The standard InChI is InChI=1S/C24H30N8O2/c1-2-4-17(32-10-8-24(26,23(32)34)16-6-7-16)11-20(25)28-21-12-18(29-30-21)22(33)31-13-15-5-3-9-27-19(15)14-31/h3-5,9,11-12,16H,2,6-8,10,13-14,25-26H2,1H3,(H2,28,29,30)/b17-4+,20-11+/t24-/m1/s1. The Morgan fingerprint density at radius 2 is 2.21 bits per heavy atom. The number of carbonyl (C=O) groups is 2. The van der Waals surface area contributed by atoms with Crippen molar-refractivity contribution >= 4 is 17.6 Å². The first-order valence-corrected chi connectivity index (χ1v) is 11.7. The Bertz CT molecular complexity index is 1160. The highest BCUT2D eigenvalue weighted by molar-refractivity contribution is 5.93. The van der Waals surface area contributed by atoms with Crippen LogP contribution in [-0.4, -0.2) is 48.9 Å². The number of amides is 2. The summed E-state index contributed by atoms with van der Waals surface area (Å²) in [6.07, 6.45) is 8.85. The van der Waals surface area contributed by atoms with E-state index < -0.39 is 5.54 Å². The number of hydrogen-bond acceptors (Lipinski definition) is 7. The minimum Gasteiger partial charge on any atom is -0.385 e. The van der Waals surface area contributed by atoms with Crippen LogP contribution in [0.15, 0.2) is 48.1 Å². The maximum Gasteiger partial charge on any atom is 0.272 e. The van der Waals surface area contributed by atoms with E-state index in [2.05, 4.69) is 20.5 Å². The fourth-order valence-electron chi connectivity index (χ4n) is 4.79. The molecule has 0 unspecified atom stereocenters. The third-order valence-electron chi connectivity index (χ3n) is 6.78. The monoisotopic (exact) mass is 462 g/mol. The minimum absolute atomic E-state index is 0.0347. The quantitative estimate of drug-likeness (QED) is 0.459. The number of anilines is 1. The molecule has 1 saturated heterocycles. The average Bonchev–Trinajstić information content (AvgIpc) is 3.31. The molecule has 2 amide bonds. The second-order valence-electron chi connectivity index (χ2n) is 9.22. The molecule has 2 aliphatic heterocycles. The molecule has 0 bridgehead atoms. The van der Waals surface area contributed by atoms with Crippen molar-refractivity contribution < 1.29 is 9.59 Å². The van der Waals surface area contributed by atoms with Crippen LogP contribution in [0.25, 0.3) is 0 Å². The third-order valence-corrected chi connectivity index (χ3v) is 6.78. The number of nitrogens with zero attached hydrogens (tertiary/aromatic N) is 4. The van der Waals surface area contributed by atoms with Crippen LogP contribution in [0.4, 0.5) is 5.82 Å². The van der Waals surface area contributed by atoms with Crippen molar-refractivity contribution in [3.63, 3.8) is 0 Å². The number of pyridine rings is 1. The number of nitrogens with two attached hydrogens (primary N) is 2. The summed E-state index contributed by atoms with van der Waals surface area (Å²) in [4.78, 5) is 33.7. The van der Waals surface area contributed by atoms with Crippen LogP contribution >= 0.6 is 0 Å². The SMILES string of the molecule is CC/C=C(\C=C(/N)Nc1cc(C(=O)N2Cc3cccnc3C2)[nH]n1)N1CC[C@@](N)(C2CC2)C1=O. The highest BCUT2D eigenvalue weighted by atomic mass is 16.2. The van der Waals surface area contributed by atoms with Gasteiger partial charge in [0.15, 0.2) is 5.82 Å². The van der Waals surface area contributed by atoms with Gasteiger partial charge in [-0.3, -0.25) is 19.7 Å². The molecular weight excluding hydrogens is 432 g/mol. The number of aromatic nitrogens is 3. The summed E-state index contributed by atoms with van der Waals surface area (Å²) in [5.74, 6) is 0.826. The van der Waals surface area contributed by atoms with Crippen LogP contribution in [-0.2, 0) is 17.9 Å². The fraction of sp³-hybridized carbons (Fsp3) is 0.417. The summed E-state index contributed by atoms with van der Waals surface area (Å²) < 4.78 is 0. The van der Waals surface area contributed by atoms with Gasteiger partial charge in [-0.05, 0) is 43.2 Å². The number of nitrogens with one attached hydrogen (secondary N) is 2. The lowest BCUT2D eigenvalue weighted by atomic mass is 9.93. The summed E-state index contributed by atoms with van der Waals surface area (Å²) in [5, 5.41) is 9.97. The van der Waals surface area contributed by atoms with Crippen molar-refractivity contribution in [1.29, 1.82) is 0 Å². The molecular formula is C24H30N8O2. The van der Waals surface area contributed by atoms with Crippen LogP contribution in [0.3, 0.4) is 0 Å². The Balaban J connectivity index is 1.25. The maximum atomic E-state index is 13.1. The molecule has 0 aromatic carbocycles. The highest BCUT2D eigenvalue weighted by Crippen LogP contribution is 2.44. The Labute approximate surface area is 198 Å². The molecule has 5 rings (SSSR count). The van der Waals surface area contributed by atoms with Crippen LogP contribution < -0.4 is 16.8 Å². The van der Waals surface area contributed by atoms with Gasteiger partial charge in [-0.1, -0.05) is 19.1 Å². The summed E-state index contributed by atoms with van der Waals surface area (Å²) in [5.41, 5.74) is 15.0. The first-order chi connectivity index (χ1) is 16.4. The van der Waals surface area contributed by atoms with Crippen molar-refractivity contribution in [3.05, 3.63) is 65.0 Å².